The molecule has 2 aromatic heterocycles. The summed E-state index contributed by atoms with van der Waals surface area (Å²) in [5.74, 6) is 1.33. The van der Waals surface area contributed by atoms with Gasteiger partial charge in [0.05, 0.1) is 11.4 Å². The van der Waals surface area contributed by atoms with Gasteiger partial charge in [-0.05, 0) is 49.3 Å². The van der Waals surface area contributed by atoms with Crippen LogP contribution in [-0.2, 0) is 0 Å². The van der Waals surface area contributed by atoms with Gasteiger partial charge in [-0.3, -0.25) is 0 Å². The van der Waals surface area contributed by atoms with Crippen LogP contribution in [0, 0.1) is 27.7 Å². The number of hydrogen-bond donors (Lipinski definition) is 0. The summed E-state index contributed by atoms with van der Waals surface area (Å²) >= 11 is 0. The lowest BCUT2D eigenvalue weighted by molar-refractivity contribution is 0.811. The zero-order chi connectivity index (χ0) is 13.1. The molecule has 0 spiro atoms. The van der Waals surface area contributed by atoms with Crippen molar-refractivity contribution in [3.05, 3.63) is 23.0 Å². The Morgan fingerprint density at radius 2 is 1.00 bits per heavy atom. The highest BCUT2D eigenvalue weighted by atomic mass is 33.1. The molecule has 2 heterocycles. The molecule has 0 N–H and O–H groups in total. The van der Waals surface area contributed by atoms with Crippen molar-refractivity contribution in [3.8, 4) is 0 Å². The predicted molar refractivity (Wildman–Crippen MR) is 70.3 cm³/mol. The van der Waals surface area contributed by atoms with E-state index in [4.69, 9.17) is 0 Å². The third-order valence-corrected chi connectivity index (χ3v) is 4.40. The molecular weight excluding hydrogens is 268 g/mol. The van der Waals surface area contributed by atoms with E-state index in [0.717, 1.165) is 21.4 Å². The molecule has 0 fully saturated rings. The number of aryl methyl sites for hydroxylation is 4. The number of nitrogens with zero attached hydrogens (tertiary/aromatic N) is 6. The summed E-state index contributed by atoms with van der Waals surface area (Å²) in [7, 11) is 3.02. The molecule has 6 nitrogen and oxygen atoms in total. The lowest BCUT2D eigenvalue weighted by atomic mass is 10.5. The smallest absolute Gasteiger partial charge is 0.149 e. The second-order valence-electron chi connectivity index (χ2n) is 3.67. The van der Waals surface area contributed by atoms with Crippen LogP contribution in [0.2, 0.25) is 0 Å². The first-order chi connectivity index (χ1) is 8.56. The standard InChI is InChI=1S/C10H12N6S2/c1-5-9(11-7(3)15-13-5)17-18-10-6(2)14-16-8(4)12-10/h1-4H3. The Morgan fingerprint density at radius 1 is 0.611 bits per heavy atom. The maximum atomic E-state index is 4.34. The Bertz CT molecular complexity index is 523. The highest BCUT2D eigenvalue weighted by Crippen LogP contribution is 2.36. The van der Waals surface area contributed by atoms with Gasteiger partial charge in [-0.1, -0.05) is 0 Å². The first kappa shape index (κ1) is 13.2. The second-order valence-corrected chi connectivity index (χ2v) is 5.77. The average Bonchev–Trinajstić information content (AvgIpc) is 2.34. The average molecular weight is 280 g/mol. The molecule has 8 heteroatoms. The highest BCUT2D eigenvalue weighted by Gasteiger charge is 2.09. The van der Waals surface area contributed by atoms with Crippen molar-refractivity contribution in [2.75, 3.05) is 0 Å². The summed E-state index contributed by atoms with van der Waals surface area (Å²) in [6.07, 6.45) is 0. The van der Waals surface area contributed by atoms with Crippen molar-refractivity contribution in [1.29, 1.82) is 0 Å². The molecule has 94 valence electrons. The fourth-order valence-corrected chi connectivity index (χ4v) is 3.36. The van der Waals surface area contributed by atoms with Crippen molar-refractivity contribution in [2.45, 2.75) is 37.7 Å². The SMILES string of the molecule is Cc1nnc(C)c(SSc2nc(C)nnc2C)n1. The van der Waals surface area contributed by atoms with Crippen molar-refractivity contribution in [3.63, 3.8) is 0 Å². The molecule has 0 atom stereocenters. The Morgan fingerprint density at radius 3 is 1.39 bits per heavy atom. The van der Waals surface area contributed by atoms with Crippen LogP contribution in [0.1, 0.15) is 23.0 Å². The number of rotatable bonds is 3. The molecule has 0 bridgehead atoms. The monoisotopic (exact) mass is 280 g/mol. The molecular formula is C10H12N6S2. The van der Waals surface area contributed by atoms with E-state index in [1.165, 1.54) is 21.6 Å². The third-order valence-electron chi connectivity index (χ3n) is 2.03. The minimum absolute atomic E-state index is 0.664. The van der Waals surface area contributed by atoms with E-state index in [0.29, 0.717) is 11.6 Å². The molecule has 0 aliphatic carbocycles. The minimum atomic E-state index is 0.664. The first-order valence-electron chi connectivity index (χ1n) is 5.26. The maximum Gasteiger partial charge on any atom is 0.149 e. The van der Waals surface area contributed by atoms with Gasteiger partial charge in [-0.15, -0.1) is 10.2 Å². The molecule has 2 rings (SSSR count). The van der Waals surface area contributed by atoms with Crippen LogP contribution >= 0.6 is 21.6 Å². The van der Waals surface area contributed by atoms with Gasteiger partial charge in [0.2, 0.25) is 0 Å². The Kier molecular flexibility index (Phi) is 4.07. The van der Waals surface area contributed by atoms with Gasteiger partial charge < -0.3 is 0 Å². The Labute approximate surface area is 113 Å². The van der Waals surface area contributed by atoms with E-state index in [9.17, 15) is 0 Å². The maximum absolute atomic E-state index is 4.34. The van der Waals surface area contributed by atoms with Crippen molar-refractivity contribution < 1.29 is 0 Å². The van der Waals surface area contributed by atoms with Crippen LogP contribution in [0.3, 0.4) is 0 Å². The minimum Gasteiger partial charge on any atom is -0.222 e. The van der Waals surface area contributed by atoms with Gasteiger partial charge in [0, 0.05) is 0 Å². The first-order valence-corrected chi connectivity index (χ1v) is 7.41. The molecule has 0 aliphatic heterocycles. The van der Waals surface area contributed by atoms with E-state index in [2.05, 4.69) is 30.4 Å². The van der Waals surface area contributed by atoms with Crippen molar-refractivity contribution >= 4 is 21.6 Å². The lowest BCUT2D eigenvalue weighted by Crippen LogP contribution is -1.98. The molecule has 0 unspecified atom stereocenters. The molecule has 0 aliphatic rings. The van der Waals surface area contributed by atoms with Crippen molar-refractivity contribution in [1.82, 2.24) is 30.4 Å². The summed E-state index contributed by atoms with van der Waals surface area (Å²) in [5, 5.41) is 17.6. The Balaban J connectivity index is 2.16. The molecule has 0 saturated carbocycles. The molecule has 18 heavy (non-hydrogen) atoms. The van der Waals surface area contributed by atoms with Gasteiger partial charge in [-0.25, -0.2) is 9.97 Å². The highest BCUT2D eigenvalue weighted by molar-refractivity contribution is 8.76. The van der Waals surface area contributed by atoms with E-state index in [1.54, 1.807) is 0 Å². The van der Waals surface area contributed by atoms with E-state index in [1.807, 2.05) is 27.7 Å². The number of aromatic nitrogens is 6. The molecule has 0 saturated heterocycles. The summed E-state index contributed by atoms with van der Waals surface area (Å²) in [6, 6.07) is 0. The largest absolute Gasteiger partial charge is 0.222 e. The topological polar surface area (TPSA) is 77.3 Å². The van der Waals surface area contributed by atoms with Crippen LogP contribution in [0.4, 0.5) is 0 Å². The van der Waals surface area contributed by atoms with Gasteiger partial charge >= 0.3 is 0 Å². The zero-order valence-corrected chi connectivity index (χ0v) is 12.1. The van der Waals surface area contributed by atoms with Crippen molar-refractivity contribution in [2.24, 2.45) is 0 Å². The lowest BCUT2D eigenvalue weighted by Gasteiger charge is -2.04. The van der Waals surface area contributed by atoms with Crippen LogP contribution < -0.4 is 0 Å². The summed E-state index contributed by atoms with van der Waals surface area (Å²) in [4.78, 5) is 8.69. The molecule has 0 amide bonds. The van der Waals surface area contributed by atoms with Gasteiger partial charge in [0.15, 0.2) is 0 Å². The van der Waals surface area contributed by atoms with E-state index >= 15 is 0 Å². The molecule has 2 aromatic rings. The summed E-state index contributed by atoms with van der Waals surface area (Å²) in [6.45, 7) is 7.42. The third kappa shape index (κ3) is 3.14. The van der Waals surface area contributed by atoms with Crippen LogP contribution in [0.25, 0.3) is 0 Å². The predicted octanol–water partition coefficient (Wildman–Crippen LogP) is 2.09. The summed E-state index contributed by atoms with van der Waals surface area (Å²) < 4.78 is 0. The van der Waals surface area contributed by atoms with E-state index in [-0.39, 0.29) is 0 Å². The molecule has 0 radical (unpaired) electrons. The second kappa shape index (κ2) is 5.57. The summed E-state index contributed by atoms with van der Waals surface area (Å²) in [5.41, 5.74) is 1.63. The van der Waals surface area contributed by atoms with E-state index < -0.39 is 0 Å². The fraction of sp³-hybridized carbons (Fsp3) is 0.400. The van der Waals surface area contributed by atoms with Gasteiger partial charge in [0.1, 0.15) is 21.7 Å². The van der Waals surface area contributed by atoms with Gasteiger partial charge in [-0.2, -0.15) is 10.2 Å². The van der Waals surface area contributed by atoms with Gasteiger partial charge in [0.25, 0.3) is 0 Å². The quantitative estimate of drug-likeness (QED) is 0.791. The van der Waals surface area contributed by atoms with Crippen LogP contribution in [0.5, 0.6) is 0 Å². The van der Waals surface area contributed by atoms with Crippen LogP contribution in [-0.4, -0.2) is 30.4 Å². The Hall–Kier alpha value is -1.28. The van der Waals surface area contributed by atoms with Crippen LogP contribution in [0.15, 0.2) is 10.1 Å². The normalized spacial score (nSPS) is 10.7. The fourth-order valence-electron chi connectivity index (χ4n) is 1.12. The molecule has 0 aromatic carbocycles. The zero-order valence-electron chi connectivity index (χ0n) is 10.5. The number of hydrogen-bond acceptors (Lipinski definition) is 8.